The quantitative estimate of drug-likeness (QED) is 0.936. The van der Waals surface area contributed by atoms with Crippen molar-refractivity contribution in [2.75, 3.05) is 0 Å². The van der Waals surface area contributed by atoms with Crippen LogP contribution in [0.1, 0.15) is 23.9 Å². The van der Waals surface area contributed by atoms with Crippen molar-refractivity contribution in [2.24, 2.45) is 11.8 Å². The number of carbonyl (C=O) groups is 1. The van der Waals surface area contributed by atoms with E-state index in [1.807, 2.05) is 6.92 Å². The Bertz CT molecular complexity index is 618. The van der Waals surface area contributed by atoms with Gasteiger partial charge in [0.05, 0.1) is 10.7 Å². The van der Waals surface area contributed by atoms with Crippen LogP contribution in [0.2, 0.25) is 0 Å². The molecule has 1 aliphatic rings. The highest BCUT2D eigenvalue weighted by Gasteiger charge is 2.38. The van der Waals surface area contributed by atoms with Crippen molar-refractivity contribution in [3.05, 3.63) is 40.2 Å². The van der Waals surface area contributed by atoms with Gasteiger partial charge in [-0.2, -0.15) is 0 Å². The van der Waals surface area contributed by atoms with Gasteiger partial charge in [0.2, 0.25) is 5.91 Å². The maximum Gasteiger partial charge on any atom is 0.223 e. The van der Waals surface area contributed by atoms with E-state index in [0.717, 1.165) is 28.2 Å². The van der Waals surface area contributed by atoms with Crippen molar-refractivity contribution < 1.29 is 4.79 Å². The van der Waals surface area contributed by atoms with Crippen LogP contribution in [0.3, 0.4) is 0 Å². The van der Waals surface area contributed by atoms with Crippen LogP contribution in [0.25, 0.3) is 11.3 Å². The number of aryl methyl sites for hydroxylation is 1. The predicted octanol–water partition coefficient (Wildman–Crippen LogP) is 3.39. The molecule has 3 nitrogen and oxygen atoms in total. The molecule has 1 N–H and O–H groups in total. The third kappa shape index (κ3) is 2.90. The summed E-state index contributed by atoms with van der Waals surface area (Å²) in [4.78, 5) is 16.2. The summed E-state index contributed by atoms with van der Waals surface area (Å²) < 4.78 is 0. The minimum absolute atomic E-state index is 0.191. The lowest BCUT2D eigenvalue weighted by atomic mass is 10.1. The van der Waals surface area contributed by atoms with Crippen LogP contribution in [0, 0.1) is 18.8 Å². The molecule has 0 aliphatic heterocycles. The molecule has 1 aromatic heterocycles. The zero-order valence-electron chi connectivity index (χ0n) is 11.7. The average molecular weight is 286 g/mol. The van der Waals surface area contributed by atoms with Gasteiger partial charge in [-0.1, -0.05) is 31.2 Å². The van der Waals surface area contributed by atoms with Crippen LogP contribution in [0.15, 0.2) is 29.6 Å². The van der Waals surface area contributed by atoms with E-state index in [1.54, 1.807) is 11.3 Å². The van der Waals surface area contributed by atoms with Gasteiger partial charge in [-0.15, -0.1) is 11.3 Å². The number of nitrogens with zero attached hydrogens (tertiary/aromatic N) is 1. The van der Waals surface area contributed by atoms with Crippen LogP contribution in [-0.4, -0.2) is 10.9 Å². The molecule has 0 bridgehead atoms. The first-order chi connectivity index (χ1) is 9.63. The number of rotatable bonds is 4. The average Bonchev–Trinajstić information content (AvgIpc) is 3.03. The van der Waals surface area contributed by atoms with Gasteiger partial charge in [-0.05, 0) is 24.8 Å². The summed E-state index contributed by atoms with van der Waals surface area (Å²) in [6.07, 6.45) is 1.04. The molecule has 3 rings (SSSR count). The maximum atomic E-state index is 11.8. The highest BCUT2D eigenvalue weighted by atomic mass is 32.1. The van der Waals surface area contributed by atoms with Gasteiger partial charge >= 0.3 is 0 Å². The van der Waals surface area contributed by atoms with Gasteiger partial charge in [0.25, 0.3) is 0 Å². The van der Waals surface area contributed by atoms with Crippen molar-refractivity contribution in [1.82, 2.24) is 10.3 Å². The Hall–Kier alpha value is -1.68. The van der Waals surface area contributed by atoms with E-state index in [0.29, 0.717) is 12.5 Å². The maximum absolute atomic E-state index is 11.8. The molecule has 0 saturated heterocycles. The van der Waals surface area contributed by atoms with Crippen LogP contribution >= 0.6 is 11.3 Å². The number of benzene rings is 1. The van der Waals surface area contributed by atoms with Crippen molar-refractivity contribution in [3.8, 4) is 11.3 Å². The Morgan fingerprint density at radius 1 is 1.40 bits per heavy atom. The van der Waals surface area contributed by atoms with E-state index in [9.17, 15) is 4.79 Å². The van der Waals surface area contributed by atoms with Crippen LogP contribution < -0.4 is 5.32 Å². The van der Waals surface area contributed by atoms with Gasteiger partial charge in [0, 0.05) is 23.4 Å². The van der Waals surface area contributed by atoms with E-state index in [1.165, 1.54) is 0 Å². The molecule has 1 heterocycles. The van der Waals surface area contributed by atoms with Crippen LogP contribution in [-0.2, 0) is 11.3 Å². The molecule has 0 unspecified atom stereocenters. The molecule has 104 valence electrons. The second-order valence-electron chi connectivity index (χ2n) is 5.49. The largest absolute Gasteiger partial charge is 0.352 e. The highest BCUT2D eigenvalue weighted by Crippen LogP contribution is 2.37. The van der Waals surface area contributed by atoms with Gasteiger partial charge in [-0.25, -0.2) is 4.98 Å². The molecule has 1 saturated carbocycles. The molecule has 0 radical (unpaired) electrons. The minimum atomic E-state index is 0.191. The van der Waals surface area contributed by atoms with Crippen molar-refractivity contribution in [3.63, 3.8) is 0 Å². The van der Waals surface area contributed by atoms with Crippen LogP contribution in [0.5, 0.6) is 0 Å². The summed E-state index contributed by atoms with van der Waals surface area (Å²) in [5.41, 5.74) is 3.28. The summed E-state index contributed by atoms with van der Waals surface area (Å²) in [5.74, 6) is 0.995. The van der Waals surface area contributed by atoms with Gasteiger partial charge < -0.3 is 5.32 Å². The lowest BCUT2D eigenvalue weighted by molar-refractivity contribution is -0.122. The number of nitrogens with one attached hydrogen (secondary N) is 1. The van der Waals surface area contributed by atoms with E-state index in [4.69, 9.17) is 0 Å². The Balaban J connectivity index is 1.60. The standard InChI is InChI=1S/C16H18N2OS/c1-10-7-14(10)16(19)17-8-12-3-5-13(6-4-12)15-9-20-11(2)18-15/h3-6,9-10,14H,7-8H2,1-2H3,(H,17,19)/t10-,14-/m0/s1. The summed E-state index contributed by atoms with van der Waals surface area (Å²) in [5, 5.41) is 6.15. The fourth-order valence-electron chi connectivity index (χ4n) is 2.30. The topological polar surface area (TPSA) is 42.0 Å². The summed E-state index contributed by atoms with van der Waals surface area (Å²) in [6, 6.07) is 8.24. The van der Waals surface area contributed by atoms with Gasteiger partial charge in [0.1, 0.15) is 0 Å². The molecule has 2 aromatic rings. The van der Waals surface area contributed by atoms with Gasteiger partial charge in [-0.3, -0.25) is 4.79 Å². The molecule has 1 aliphatic carbocycles. The second kappa shape index (κ2) is 5.37. The van der Waals surface area contributed by atoms with Gasteiger partial charge in [0.15, 0.2) is 0 Å². The minimum Gasteiger partial charge on any atom is -0.352 e. The first kappa shape index (κ1) is 13.3. The summed E-state index contributed by atoms with van der Waals surface area (Å²) in [6.45, 7) is 4.74. The zero-order chi connectivity index (χ0) is 14.1. The Labute approximate surface area is 123 Å². The lowest BCUT2D eigenvalue weighted by Gasteiger charge is -2.05. The molecule has 20 heavy (non-hydrogen) atoms. The monoisotopic (exact) mass is 286 g/mol. The molecule has 2 atom stereocenters. The summed E-state index contributed by atoms with van der Waals surface area (Å²) >= 11 is 1.66. The van der Waals surface area contributed by atoms with E-state index in [2.05, 4.69) is 46.9 Å². The van der Waals surface area contributed by atoms with E-state index in [-0.39, 0.29) is 11.8 Å². The van der Waals surface area contributed by atoms with E-state index >= 15 is 0 Å². The Morgan fingerprint density at radius 2 is 2.10 bits per heavy atom. The number of hydrogen-bond acceptors (Lipinski definition) is 3. The SMILES string of the molecule is Cc1nc(-c2ccc(CNC(=O)[C@H]3C[C@@H]3C)cc2)cs1. The molecule has 1 aromatic carbocycles. The van der Waals surface area contributed by atoms with E-state index < -0.39 is 0 Å². The predicted molar refractivity (Wildman–Crippen MR) is 81.4 cm³/mol. The molecular formula is C16H18N2OS. The third-order valence-corrected chi connectivity index (χ3v) is 4.56. The smallest absolute Gasteiger partial charge is 0.223 e. The number of aromatic nitrogens is 1. The van der Waals surface area contributed by atoms with Crippen molar-refractivity contribution in [2.45, 2.75) is 26.8 Å². The number of carbonyl (C=O) groups excluding carboxylic acids is 1. The molecule has 1 fully saturated rings. The van der Waals surface area contributed by atoms with Crippen LogP contribution in [0.4, 0.5) is 0 Å². The van der Waals surface area contributed by atoms with Crippen molar-refractivity contribution >= 4 is 17.2 Å². The second-order valence-corrected chi connectivity index (χ2v) is 6.55. The number of amides is 1. The lowest BCUT2D eigenvalue weighted by Crippen LogP contribution is -2.24. The highest BCUT2D eigenvalue weighted by molar-refractivity contribution is 7.09. The fourth-order valence-corrected chi connectivity index (χ4v) is 2.92. The zero-order valence-corrected chi connectivity index (χ0v) is 12.5. The Kier molecular flexibility index (Phi) is 3.57. The first-order valence-electron chi connectivity index (χ1n) is 6.92. The number of thiazole rings is 1. The normalized spacial score (nSPS) is 20.7. The fraction of sp³-hybridized carbons (Fsp3) is 0.375. The molecule has 1 amide bonds. The Morgan fingerprint density at radius 3 is 2.65 bits per heavy atom. The molecule has 4 heteroatoms. The molecular weight excluding hydrogens is 268 g/mol. The molecule has 0 spiro atoms. The third-order valence-electron chi connectivity index (χ3n) is 3.78. The number of hydrogen-bond donors (Lipinski definition) is 1. The summed E-state index contributed by atoms with van der Waals surface area (Å²) in [7, 11) is 0. The van der Waals surface area contributed by atoms with Crippen molar-refractivity contribution in [1.29, 1.82) is 0 Å². The first-order valence-corrected chi connectivity index (χ1v) is 7.80.